The number of anilines is 2. The van der Waals surface area contributed by atoms with Crippen molar-refractivity contribution in [1.29, 1.82) is 0 Å². The van der Waals surface area contributed by atoms with E-state index in [9.17, 15) is 0 Å². The highest BCUT2D eigenvalue weighted by molar-refractivity contribution is 7.15. The number of benzene rings is 1. The molecule has 1 aromatic carbocycles. The second-order valence-corrected chi connectivity index (χ2v) is 5.45. The monoisotopic (exact) mass is 261 g/mol. The Hall–Kier alpha value is -1.39. The molecule has 0 saturated heterocycles. The number of aromatic nitrogens is 1. The van der Waals surface area contributed by atoms with Crippen molar-refractivity contribution in [3.05, 3.63) is 40.9 Å². The normalized spacial score (nSPS) is 12.4. The molecule has 0 aliphatic rings. The first-order valence-corrected chi connectivity index (χ1v) is 6.97. The lowest BCUT2D eigenvalue weighted by molar-refractivity contribution is 0.835. The van der Waals surface area contributed by atoms with Crippen molar-refractivity contribution in [3.8, 4) is 0 Å². The van der Waals surface area contributed by atoms with Gasteiger partial charge < -0.3 is 10.6 Å². The van der Waals surface area contributed by atoms with E-state index in [0.717, 1.165) is 22.1 Å². The van der Waals surface area contributed by atoms with Crippen molar-refractivity contribution in [1.82, 2.24) is 4.98 Å². The molecule has 0 amide bonds. The Kier molecular flexibility index (Phi) is 3.99. The summed E-state index contributed by atoms with van der Waals surface area (Å²) < 4.78 is 0. The minimum Gasteiger partial charge on any atom is -0.323 e. The van der Waals surface area contributed by atoms with Crippen LogP contribution in [0.2, 0.25) is 0 Å². The predicted molar refractivity (Wildman–Crippen MR) is 78.6 cm³/mol. The molecule has 0 radical (unpaired) electrons. The van der Waals surface area contributed by atoms with Gasteiger partial charge in [0.1, 0.15) is 0 Å². The largest absolute Gasteiger partial charge is 0.323 e. The lowest BCUT2D eigenvalue weighted by atomic mass is 10.1. The molecular weight excluding hydrogens is 242 g/mol. The molecule has 0 fully saturated rings. The second-order valence-electron chi connectivity index (χ2n) is 4.41. The molecule has 0 saturated carbocycles. The van der Waals surface area contributed by atoms with Crippen molar-refractivity contribution < 1.29 is 0 Å². The van der Waals surface area contributed by atoms with Gasteiger partial charge >= 0.3 is 0 Å². The summed E-state index contributed by atoms with van der Waals surface area (Å²) in [5, 5.41) is 0.978. The van der Waals surface area contributed by atoms with Crippen LogP contribution < -0.4 is 10.6 Å². The van der Waals surface area contributed by atoms with E-state index in [4.69, 9.17) is 5.73 Å². The summed E-state index contributed by atoms with van der Waals surface area (Å²) in [5.41, 5.74) is 8.36. The summed E-state index contributed by atoms with van der Waals surface area (Å²) in [6, 6.07) is 8.63. The van der Waals surface area contributed by atoms with E-state index >= 15 is 0 Å². The van der Waals surface area contributed by atoms with Gasteiger partial charge in [0, 0.05) is 29.9 Å². The van der Waals surface area contributed by atoms with Crippen molar-refractivity contribution in [2.24, 2.45) is 5.73 Å². The van der Waals surface area contributed by atoms with Crippen LogP contribution in [0, 0.1) is 0 Å². The number of rotatable bonds is 4. The number of nitrogens with two attached hydrogens (primary N) is 1. The first-order valence-electron chi connectivity index (χ1n) is 6.15. The molecule has 18 heavy (non-hydrogen) atoms. The maximum absolute atomic E-state index is 5.86. The smallest absolute Gasteiger partial charge is 0.189 e. The van der Waals surface area contributed by atoms with Crippen LogP contribution in [0.25, 0.3) is 0 Å². The molecule has 0 aliphatic carbocycles. The Morgan fingerprint density at radius 2 is 2.00 bits per heavy atom. The number of nitrogens with zero attached hydrogens (tertiary/aromatic N) is 2. The minimum atomic E-state index is 0.0483. The summed E-state index contributed by atoms with van der Waals surface area (Å²) >= 11 is 1.64. The van der Waals surface area contributed by atoms with Gasteiger partial charge in [-0.1, -0.05) is 30.4 Å². The average Bonchev–Trinajstić information content (AvgIpc) is 2.88. The molecule has 2 rings (SSSR count). The molecule has 0 aliphatic heterocycles. The average molecular weight is 261 g/mol. The number of hydrogen-bond donors (Lipinski definition) is 1. The lowest BCUT2D eigenvalue weighted by Crippen LogP contribution is -2.08. The van der Waals surface area contributed by atoms with Crippen molar-refractivity contribution in [2.75, 3.05) is 11.9 Å². The van der Waals surface area contributed by atoms with Gasteiger partial charge in [0.05, 0.1) is 0 Å². The third kappa shape index (κ3) is 2.71. The number of aryl methyl sites for hydroxylation is 1. The van der Waals surface area contributed by atoms with E-state index in [2.05, 4.69) is 41.1 Å². The maximum Gasteiger partial charge on any atom is 0.189 e. The molecule has 2 N–H and O–H groups in total. The van der Waals surface area contributed by atoms with Gasteiger partial charge in [-0.15, -0.1) is 0 Å². The molecule has 2 aromatic rings. The second kappa shape index (κ2) is 5.50. The van der Waals surface area contributed by atoms with Crippen molar-refractivity contribution in [2.45, 2.75) is 26.3 Å². The third-order valence-corrected chi connectivity index (χ3v) is 4.25. The third-order valence-electron chi connectivity index (χ3n) is 2.98. The van der Waals surface area contributed by atoms with Crippen molar-refractivity contribution >= 4 is 22.2 Å². The van der Waals surface area contributed by atoms with Gasteiger partial charge in [0.25, 0.3) is 0 Å². The maximum atomic E-state index is 5.86. The first-order chi connectivity index (χ1) is 8.61. The van der Waals surface area contributed by atoms with Crippen LogP contribution in [0.3, 0.4) is 0 Å². The Bertz CT molecular complexity index is 502. The van der Waals surface area contributed by atoms with E-state index in [1.807, 2.05) is 20.2 Å². The SMILES string of the molecule is CCc1ccc(N(C)c2ncc(C(C)N)s2)cc1. The molecular formula is C14H19N3S. The van der Waals surface area contributed by atoms with Gasteiger partial charge in [-0.2, -0.15) is 0 Å². The summed E-state index contributed by atoms with van der Waals surface area (Å²) in [4.78, 5) is 7.63. The lowest BCUT2D eigenvalue weighted by Gasteiger charge is -2.16. The van der Waals surface area contributed by atoms with Gasteiger partial charge in [0.2, 0.25) is 0 Å². The molecule has 1 aromatic heterocycles. The Morgan fingerprint density at radius 1 is 1.33 bits per heavy atom. The highest BCUT2D eigenvalue weighted by Gasteiger charge is 2.10. The van der Waals surface area contributed by atoms with Gasteiger partial charge in [-0.25, -0.2) is 4.98 Å². The topological polar surface area (TPSA) is 42.2 Å². The van der Waals surface area contributed by atoms with E-state index < -0.39 is 0 Å². The van der Waals surface area contributed by atoms with Crippen LogP contribution in [0.1, 0.15) is 30.3 Å². The molecule has 3 nitrogen and oxygen atoms in total. The summed E-state index contributed by atoms with van der Waals surface area (Å²) in [5.74, 6) is 0. The fourth-order valence-corrected chi connectivity index (χ4v) is 2.56. The highest BCUT2D eigenvalue weighted by atomic mass is 32.1. The summed E-state index contributed by atoms with van der Waals surface area (Å²) in [6.07, 6.45) is 2.93. The fraction of sp³-hybridized carbons (Fsp3) is 0.357. The van der Waals surface area contributed by atoms with Crippen LogP contribution in [0.5, 0.6) is 0 Å². The van der Waals surface area contributed by atoms with Crippen LogP contribution in [-0.2, 0) is 6.42 Å². The van der Waals surface area contributed by atoms with Gasteiger partial charge in [-0.3, -0.25) is 0 Å². The van der Waals surface area contributed by atoms with Crippen LogP contribution in [0.4, 0.5) is 10.8 Å². The quantitative estimate of drug-likeness (QED) is 0.916. The fourth-order valence-electron chi connectivity index (χ4n) is 1.71. The van der Waals surface area contributed by atoms with Gasteiger partial charge in [0.15, 0.2) is 5.13 Å². The highest BCUT2D eigenvalue weighted by Crippen LogP contribution is 2.30. The standard InChI is InChI=1S/C14H19N3S/c1-4-11-5-7-12(8-6-11)17(3)14-16-9-13(18-14)10(2)15/h5-10H,4,15H2,1-3H3. The first kappa shape index (κ1) is 13.1. The van der Waals surface area contributed by atoms with Crippen LogP contribution in [-0.4, -0.2) is 12.0 Å². The zero-order valence-electron chi connectivity index (χ0n) is 11.1. The molecule has 96 valence electrons. The number of hydrogen-bond acceptors (Lipinski definition) is 4. The summed E-state index contributed by atoms with van der Waals surface area (Å²) in [6.45, 7) is 4.14. The van der Waals surface area contributed by atoms with Gasteiger partial charge in [-0.05, 0) is 31.0 Å². The molecule has 1 heterocycles. The van der Waals surface area contributed by atoms with E-state index in [0.29, 0.717) is 0 Å². The molecule has 0 bridgehead atoms. The summed E-state index contributed by atoms with van der Waals surface area (Å²) in [7, 11) is 2.03. The van der Waals surface area contributed by atoms with Crippen LogP contribution >= 0.6 is 11.3 Å². The zero-order chi connectivity index (χ0) is 13.1. The minimum absolute atomic E-state index is 0.0483. The molecule has 4 heteroatoms. The molecule has 1 atom stereocenters. The molecule has 0 spiro atoms. The Labute approximate surface area is 112 Å². The van der Waals surface area contributed by atoms with E-state index in [-0.39, 0.29) is 6.04 Å². The van der Waals surface area contributed by atoms with E-state index in [1.54, 1.807) is 11.3 Å². The predicted octanol–water partition coefficient (Wildman–Crippen LogP) is 3.49. The molecule has 1 unspecified atom stereocenters. The number of thiazole rings is 1. The Morgan fingerprint density at radius 3 is 2.50 bits per heavy atom. The van der Waals surface area contributed by atoms with Crippen molar-refractivity contribution in [3.63, 3.8) is 0 Å². The van der Waals surface area contributed by atoms with Crippen LogP contribution in [0.15, 0.2) is 30.5 Å². The zero-order valence-corrected chi connectivity index (χ0v) is 11.9. The Balaban J connectivity index is 2.20. The van der Waals surface area contributed by atoms with E-state index in [1.165, 1.54) is 5.56 Å².